The molecule has 0 aliphatic carbocycles. The highest BCUT2D eigenvalue weighted by molar-refractivity contribution is 5.61. The first-order valence-electron chi connectivity index (χ1n) is 9.76. The summed E-state index contributed by atoms with van der Waals surface area (Å²) in [5, 5.41) is 0. The fraction of sp³-hybridized carbons (Fsp3) is 0.348. The van der Waals surface area contributed by atoms with Crippen molar-refractivity contribution in [2.24, 2.45) is 0 Å². The van der Waals surface area contributed by atoms with E-state index in [1.165, 1.54) is 11.1 Å². The molecule has 1 aromatic heterocycles. The molecule has 0 radical (unpaired) electrons. The van der Waals surface area contributed by atoms with Gasteiger partial charge in [0.1, 0.15) is 0 Å². The lowest BCUT2D eigenvalue weighted by Gasteiger charge is -2.32. The SMILES string of the molecule is Cc1cccc(CN2CCC(n3c(C)c(-c4ccccc4)[nH]c3=O)CC2)c1. The van der Waals surface area contributed by atoms with Gasteiger partial charge >= 0.3 is 5.69 Å². The molecule has 27 heavy (non-hydrogen) atoms. The molecule has 1 N–H and O–H groups in total. The molecule has 140 valence electrons. The van der Waals surface area contributed by atoms with Gasteiger partial charge in [0, 0.05) is 31.4 Å². The molecule has 1 fully saturated rings. The normalized spacial score (nSPS) is 15.9. The number of aryl methyl sites for hydroxylation is 1. The Balaban J connectivity index is 1.47. The van der Waals surface area contributed by atoms with Crippen molar-refractivity contribution in [3.63, 3.8) is 0 Å². The Kier molecular flexibility index (Phi) is 4.99. The second kappa shape index (κ2) is 7.57. The average molecular weight is 361 g/mol. The molecule has 0 spiro atoms. The number of likely N-dealkylation sites (tertiary alicyclic amines) is 1. The number of nitrogens with zero attached hydrogens (tertiary/aromatic N) is 2. The van der Waals surface area contributed by atoms with Crippen LogP contribution in [0.25, 0.3) is 11.3 Å². The van der Waals surface area contributed by atoms with Crippen LogP contribution in [-0.2, 0) is 6.54 Å². The fourth-order valence-corrected chi connectivity index (χ4v) is 4.26. The van der Waals surface area contributed by atoms with Crippen LogP contribution in [0.4, 0.5) is 0 Å². The molecule has 1 saturated heterocycles. The second-order valence-electron chi connectivity index (χ2n) is 7.62. The van der Waals surface area contributed by atoms with Gasteiger partial charge < -0.3 is 4.98 Å². The number of piperidine rings is 1. The molecule has 2 aromatic carbocycles. The predicted molar refractivity (Wildman–Crippen MR) is 110 cm³/mol. The van der Waals surface area contributed by atoms with Crippen LogP contribution in [0.2, 0.25) is 0 Å². The van der Waals surface area contributed by atoms with Gasteiger partial charge in [0.2, 0.25) is 0 Å². The zero-order chi connectivity index (χ0) is 18.8. The molecule has 2 heterocycles. The van der Waals surface area contributed by atoms with Gasteiger partial charge in [-0.3, -0.25) is 9.47 Å². The van der Waals surface area contributed by atoms with Gasteiger partial charge in [-0.2, -0.15) is 0 Å². The third-order valence-corrected chi connectivity index (χ3v) is 5.65. The quantitative estimate of drug-likeness (QED) is 0.753. The van der Waals surface area contributed by atoms with Crippen LogP contribution in [0.5, 0.6) is 0 Å². The summed E-state index contributed by atoms with van der Waals surface area (Å²) in [4.78, 5) is 18.2. The number of rotatable bonds is 4. The molecule has 1 aliphatic rings. The first kappa shape index (κ1) is 17.8. The summed E-state index contributed by atoms with van der Waals surface area (Å²) in [6.07, 6.45) is 2.03. The lowest BCUT2D eigenvalue weighted by atomic mass is 10.0. The van der Waals surface area contributed by atoms with Crippen molar-refractivity contribution in [2.45, 2.75) is 39.3 Å². The molecular formula is C23H27N3O. The zero-order valence-electron chi connectivity index (χ0n) is 16.1. The van der Waals surface area contributed by atoms with Gasteiger partial charge in [-0.1, -0.05) is 60.2 Å². The second-order valence-corrected chi connectivity index (χ2v) is 7.62. The lowest BCUT2D eigenvalue weighted by molar-refractivity contribution is 0.177. The van der Waals surface area contributed by atoms with Crippen LogP contribution in [0.3, 0.4) is 0 Å². The minimum absolute atomic E-state index is 0.0171. The summed E-state index contributed by atoms with van der Waals surface area (Å²) in [6, 6.07) is 19.1. The molecule has 4 heteroatoms. The molecule has 0 amide bonds. The Hall–Kier alpha value is -2.59. The Bertz CT molecular complexity index is 963. The molecule has 0 atom stereocenters. The Morgan fingerprint density at radius 1 is 1.00 bits per heavy atom. The van der Waals surface area contributed by atoms with Gasteiger partial charge in [0.05, 0.1) is 5.69 Å². The summed E-state index contributed by atoms with van der Waals surface area (Å²) in [5.41, 5.74) is 5.76. The molecule has 0 unspecified atom stereocenters. The van der Waals surface area contributed by atoms with E-state index in [-0.39, 0.29) is 11.7 Å². The lowest BCUT2D eigenvalue weighted by Crippen LogP contribution is -2.37. The van der Waals surface area contributed by atoms with Gasteiger partial charge in [-0.05, 0) is 37.8 Å². The minimum atomic E-state index is 0.0171. The van der Waals surface area contributed by atoms with E-state index in [1.54, 1.807) is 0 Å². The van der Waals surface area contributed by atoms with Crippen molar-refractivity contribution in [2.75, 3.05) is 13.1 Å². The van der Waals surface area contributed by atoms with E-state index >= 15 is 0 Å². The number of hydrogen-bond acceptors (Lipinski definition) is 2. The van der Waals surface area contributed by atoms with Crippen LogP contribution >= 0.6 is 0 Å². The van der Waals surface area contributed by atoms with Crippen molar-refractivity contribution < 1.29 is 0 Å². The Morgan fingerprint density at radius 2 is 1.74 bits per heavy atom. The summed E-state index contributed by atoms with van der Waals surface area (Å²) < 4.78 is 1.98. The van der Waals surface area contributed by atoms with E-state index in [2.05, 4.69) is 48.0 Å². The van der Waals surface area contributed by atoms with Crippen molar-refractivity contribution in [1.82, 2.24) is 14.5 Å². The van der Waals surface area contributed by atoms with E-state index in [1.807, 2.05) is 34.9 Å². The number of imidazole rings is 1. The smallest absolute Gasteiger partial charge is 0.305 e. The van der Waals surface area contributed by atoms with Gasteiger partial charge in [-0.25, -0.2) is 4.79 Å². The van der Waals surface area contributed by atoms with Gasteiger partial charge in [-0.15, -0.1) is 0 Å². The first-order valence-corrected chi connectivity index (χ1v) is 9.76. The van der Waals surface area contributed by atoms with Crippen molar-refractivity contribution >= 4 is 0 Å². The topological polar surface area (TPSA) is 41.0 Å². The van der Waals surface area contributed by atoms with E-state index in [0.29, 0.717) is 0 Å². The molecule has 0 bridgehead atoms. The molecule has 1 aliphatic heterocycles. The van der Waals surface area contributed by atoms with Crippen LogP contribution in [-0.4, -0.2) is 27.5 Å². The number of aromatic nitrogens is 2. The summed E-state index contributed by atoms with van der Waals surface area (Å²) in [6.45, 7) is 7.23. The maximum atomic E-state index is 12.6. The summed E-state index contributed by atoms with van der Waals surface area (Å²) >= 11 is 0. The maximum absolute atomic E-state index is 12.6. The highest BCUT2D eigenvalue weighted by atomic mass is 16.1. The summed E-state index contributed by atoms with van der Waals surface area (Å²) in [7, 11) is 0. The van der Waals surface area contributed by atoms with E-state index in [0.717, 1.165) is 49.4 Å². The van der Waals surface area contributed by atoms with E-state index in [4.69, 9.17) is 0 Å². The van der Waals surface area contributed by atoms with Gasteiger partial charge in [0.25, 0.3) is 0 Å². The number of benzene rings is 2. The monoisotopic (exact) mass is 361 g/mol. The third kappa shape index (κ3) is 3.76. The van der Waals surface area contributed by atoms with Gasteiger partial charge in [0.15, 0.2) is 0 Å². The molecule has 3 aromatic rings. The van der Waals surface area contributed by atoms with Crippen LogP contribution < -0.4 is 5.69 Å². The molecule has 4 nitrogen and oxygen atoms in total. The van der Waals surface area contributed by atoms with Crippen LogP contribution in [0, 0.1) is 13.8 Å². The Morgan fingerprint density at radius 3 is 2.44 bits per heavy atom. The zero-order valence-corrected chi connectivity index (χ0v) is 16.1. The average Bonchev–Trinajstić information content (AvgIpc) is 2.98. The summed E-state index contributed by atoms with van der Waals surface area (Å²) in [5.74, 6) is 0. The van der Waals surface area contributed by atoms with Crippen LogP contribution in [0.15, 0.2) is 59.4 Å². The van der Waals surface area contributed by atoms with Crippen molar-refractivity contribution in [3.8, 4) is 11.3 Å². The van der Waals surface area contributed by atoms with E-state index < -0.39 is 0 Å². The largest absolute Gasteiger partial charge is 0.326 e. The number of hydrogen-bond donors (Lipinski definition) is 1. The fourth-order valence-electron chi connectivity index (χ4n) is 4.26. The number of nitrogens with one attached hydrogen (secondary N) is 1. The van der Waals surface area contributed by atoms with Crippen molar-refractivity contribution in [3.05, 3.63) is 81.9 Å². The highest BCUT2D eigenvalue weighted by Gasteiger charge is 2.24. The van der Waals surface area contributed by atoms with E-state index in [9.17, 15) is 4.79 Å². The third-order valence-electron chi connectivity index (χ3n) is 5.65. The Labute approximate surface area is 160 Å². The standard InChI is InChI=1S/C23H27N3O/c1-17-7-6-8-19(15-17)16-25-13-11-21(12-14-25)26-18(2)22(24-23(26)27)20-9-4-3-5-10-20/h3-10,15,21H,11-14,16H2,1-2H3,(H,24,27). The molecular weight excluding hydrogens is 334 g/mol. The highest BCUT2D eigenvalue weighted by Crippen LogP contribution is 2.27. The predicted octanol–water partition coefficient (Wildman–Crippen LogP) is 4.30. The first-order chi connectivity index (χ1) is 13.1. The number of aromatic amines is 1. The van der Waals surface area contributed by atoms with Crippen molar-refractivity contribution in [1.29, 1.82) is 0 Å². The molecule has 0 saturated carbocycles. The molecule has 4 rings (SSSR count). The number of H-pyrrole nitrogens is 1. The van der Waals surface area contributed by atoms with Crippen LogP contribution in [0.1, 0.15) is 35.7 Å². The minimum Gasteiger partial charge on any atom is -0.305 e. The maximum Gasteiger partial charge on any atom is 0.326 e.